The Labute approximate surface area is 148 Å². The van der Waals surface area contributed by atoms with Crippen LogP contribution in [0.4, 0.5) is 15.9 Å². The van der Waals surface area contributed by atoms with Gasteiger partial charge in [-0.1, -0.05) is 11.6 Å². The lowest BCUT2D eigenvalue weighted by Gasteiger charge is -2.39. The van der Waals surface area contributed by atoms with Crippen LogP contribution in [-0.4, -0.2) is 10.9 Å². The number of pyridine rings is 1. The van der Waals surface area contributed by atoms with Gasteiger partial charge in [-0.25, -0.2) is 9.37 Å². The number of hydrogen-bond acceptors (Lipinski definition) is 4. The largest absolute Gasteiger partial charge is 0.340 e. The van der Waals surface area contributed by atoms with E-state index in [9.17, 15) is 14.1 Å². The Hall–Kier alpha value is -2.34. The van der Waals surface area contributed by atoms with Crippen molar-refractivity contribution in [1.82, 2.24) is 4.98 Å². The van der Waals surface area contributed by atoms with Gasteiger partial charge in [-0.2, -0.15) is 0 Å². The molecule has 3 aliphatic carbocycles. The number of carbonyl (C=O) groups excluding carboxylic acids is 1. The van der Waals surface area contributed by atoms with Crippen molar-refractivity contribution in [2.24, 2.45) is 5.18 Å². The lowest BCUT2D eigenvalue weighted by Crippen LogP contribution is -2.26. The van der Waals surface area contributed by atoms with Gasteiger partial charge < -0.3 is 5.32 Å². The molecule has 5 rings (SSSR count). The van der Waals surface area contributed by atoms with Gasteiger partial charge >= 0.3 is 5.91 Å². The summed E-state index contributed by atoms with van der Waals surface area (Å²) in [7, 11) is 0. The van der Waals surface area contributed by atoms with Gasteiger partial charge in [-0.15, -0.1) is 4.91 Å². The Bertz CT molecular complexity index is 879. The number of halogens is 2. The topological polar surface area (TPSA) is 71.4 Å². The first-order valence-electron chi connectivity index (χ1n) is 8.21. The average Bonchev–Trinajstić information content (AvgIpc) is 2.65. The molecule has 0 atom stereocenters. The number of carbonyl (C=O) groups is 1. The lowest BCUT2D eigenvalue weighted by atomic mass is 9.66. The zero-order chi connectivity index (χ0) is 17.6. The van der Waals surface area contributed by atoms with Crippen LogP contribution in [0, 0.1) is 10.7 Å². The quantitative estimate of drug-likeness (QED) is 0.757. The van der Waals surface area contributed by atoms with Crippen LogP contribution in [0.5, 0.6) is 0 Å². The molecule has 1 fully saturated rings. The molecule has 0 spiro atoms. The fraction of sp³-hybridized carbons (Fsp3) is 0.333. The molecule has 2 aromatic rings. The Kier molecular flexibility index (Phi) is 4.00. The summed E-state index contributed by atoms with van der Waals surface area (Å²) < 4.78 is 13.7. The molecule has 1 N–H and O–H groups in total. The number of hydrogen-bond donors (Lipinski definition) is 1. The molecule has 1 heterocycles. The monoisotopic (exact) mass is 359 g/mol. The van der Waals surface area contributed by atoms with Gasteiger partial charge in [-0.3, -0.25) is 4.79 Å². The summed E-state index contributed by atoms with van der Waals surface area (Å²) in [6, 6.07) is 4.46. The number of nitrogens with one attached hydrogen (secondary N) is 1. The predicted molar refractivity (Wildman–Crippen MR) is 93.0 cm³/mol. The number of fused-ring (bicyclic) bond motifs is 2. The van der Waals surface area contributed by atoms with Crippen LogP contribution in [0.15, 0.2) is 29.6 Å². The maximum Gasteiger partial charge on any atom is 0.318 e. The summed E-state index contributed by atoms with van der Waals surface area (Å²) in [5.74, 6) is -0.161. The van der Waals surface area contributed by atoms with Gasteiger partial charge in [0.25, 0.3) is 0 Å². The van der Waals surface area contributed by atoms with Crippen molar-refractivity contribution in [1.29, 1.82) is 0 Å². The van der Waals surface area contributed by atoms with Gasteiger partial charge in [0.2, 0.25) is 0 Å². The molecule has 1 saturated carbocycles. The molecular weight excluding hydrogens is 345 g/mol. The van der Waals surface area contributed by atoms with E-state index in [4.69, 9.17) is 11.6 Å². The van der Waals surface area contributed by atoms with Crippen LogP contribution in [-0.2, 0) is 0 Å². The third-order valence-electron chi connectivity index (χ3n) is 5.20. The van der Waals surface area contributed by atoms with Gasteiger partial charge in [0, 0.05) is 22.6 Å². The molecule has 25 heavy (non-hydrogen) atoms. The summed E-state index contributed by atoms with van der Waals surface area (Å²) in [5.41, 5.74) is 2.68. The van der Waals surface area contributed by atoms with E-state index in [1.165, 1.54) is 18.3 Å². The summed E-state index contributed by atoms with van der Waals surface area (Å²) in [6.07, 6.45) is 5.44. The van der Waals surface area contributed by atoms with E-state index >= 15 is 0 Å². The van der Waals surface area contributed by atoms with Crippen LogP contribution >= 0.6 is 11.6 Å². The molecule has 7 heteroatoms. The highest BCUT2D eigenvalue weighted by Crippen LogP contribution is 2.52. The van der Waals surface area contributed by atoms with Gasteiger partial charge in [0.15, 0.2) is 0 Å². The molecule has 1 aromatic carbocycles. The van der Waals surface area contributed by atoms with Crippen molar-refractivity contribution in [2.75, 3.05) is 5.32 Å². The zero-order valence-electron chi connectivity index (χ0n) is 13.3. The molecule has 1 amide bonds. The van der Waals surface area contributed by atoms with Gasteiger partial charge in [0.05, 0.1) is 10.6 Å². The Morgan fingerprint density at radius 2 is 1.88 bits per heavy atom. The smallest absolute Gasteiger partial charge is 0.318 e. The standard InChI is InChI=1S/C18H15ClFN3O2/c19-13-6-5-11(7-14(13)20)22-17-16-10-3-1-9(2-4-10)15(16)12(8-21-17)18(24)23-25/h5-10H,1-4H2,(H,21,22). The van der Waals surface area contributed by atoms with E-state index in [2.05, 4.69) is 15.5 Å². The fourth-order valence-electron chi connectivity index (χ4n) is 4.09. The molecule has 0 saturated heterocycles. The van der Waals surface area contributed by atoms with Crippen molar-refractivity contribution in [3.05, 3.63) is 56.8 Å². The Balaban J connectivity index is 1.81. The van der Waals surface area contributed by atoms with Crippen molar-refractivity contribution in [3.8, 4) is 0 Å². The number of aromatic nitrogens is 1. The van der Waals surface area contributed by atoms with Crippen LogP contribution < -0.4 is 5.32 Å². The molecule has 128 valence electrons. The summed E-state index contributed by atoms with van der Waals surface area (Å²) in [5, 5.41) is 5.76. The normalized spacial score (nSPS) is 20.9. The number of amides is 1. The molecular formula is C18H15ClFN3O2. The van der Waals surface area contributed by atoms with E-state index in [-0.39, 0.29) is 16.9 Å². The molecule has 5 nitrogen and oxygen atoms in total. The first-order valence-corrected chi connectivity index (χ1v) is 8.59. The lowest BCUT2D eigenvalue weighted by molar-refractivity contribution is 0.0998. The highest BCUT2D eigenvalue weighted by Gasteiger charge is 2.38. The van der Waals surface area contributed by atoms with Crippen LogP contribution in [0.1, 0.15) is 59.0 Å². The van der Waals surface area contributed by atoms with Crippen molar-refractivity contribution < 1.29 is 9.18 Å². The summed E-state index contributed by atoms with van der Waals surface area (Å²) in [4.78, 5) is 27.0. The summed E-state index contributed by atoms with van der Waals surface area (Å²) in [6.45, 7) is 0. The highest BCUT2D eigenvalue weighted by atomic mass is 35.5. The third-order valence-corrected chi connectivity index (χ3v) is 5.50. The third kappa shape index (κ3) is 2.70. The number of rotatable bonds is 3. The minimum atomic E-state index is -0.777. The molecule has 0 radical (unpaired) electrons. The second-order valence-electron chi connectivity index (χ2n) is 6.55. The maximum absolute atomic E-state index is 13.7. The van der Waals surface area contributed by atoms with Gasteiger partial charge in [-0.05, 0) is 61.3 Å². The van der Waals surface area contributed by atoms with Crippen LogP contribution in [0.2, 0.25) is 5.02 Å². The number of nitroso groups, excluding NO2 is 1. The fourth-order valence-corrected chi connectivity index (χ4v) is 4.21. The SMILES string of the molecule is O=NC(=O)c1cnc(Nc2ccc(Cl)c(F)c2)c2c1C1CCC2CC1. The molecule has 2 bridgehead atoms. The minimum Gasteiger partial charge on any atom is -0.340 e. The molecule has 1 aromatic heterocycles. The maximum atomic E-state index is 13.7. The number of anilines is 2. The first kappa shape index (κ1) is 16.1. The Morgan fingerprint density at radius 1 is 1.20 bits per heavy atom. The molecule has 3 aliphatic rings. The van der Waals surface area contributed by atoms with Crippen molar-refractivity contribution in [3.63, 3.8) is 0 Å². The first-order chi connectivity index (χ1) is 12.1. The van der Waals surface area contributed by atoms with E-state index < -0.39 is 11.7 Å². The highest BCUT2D eigenvalue weighted by molar-refractivity contribution is 6.30. The minimum absolute atomic E-state index is 0.0533. The van der Waals surface area contributed by atoms with Crippen molar-refractivity contribution >= 4 is 29.0 Å². The van der Waals surface area contributed by atoms with Crippen molar-refractivity contribution in [2.45, 2.75) is 37.5 Å². The Morgan fingerprint density at radius 3 is 2.52 bits per heavy atom. The second kappa shape index (κ2) is 6.19. The number of nitrogens with zero attached hydrogens (tertiary/aromatic N) is 2. The molecule has 0 unspecified atom stereocenters. The van der Waals surface area contributed by atoms with E-state index in [1.807, 2.05) is 0 Å². The van der Waals surface area contributed by atoms with Crippen LogP contribution in [0.25, 0.3) is 0 Å². The van der Waals surface area contributed by atoms with E-state index in [0.29, 0.717) is 17.1 Å². The summed E-state index contributed by atoms with van der Waals surface area (Å²) >= 11 is 5.73. The van der Waals surface area contributed by atoms with Crippen LogP contribution in [0.3, 0.4) is 0 Å². The zero-order valence-corrected chi connectivity index (χ0v) is 14.0. The number of benzene rings is 1. The van der Waals surface area contributed by atoms with E-state index in [0.717, 1.165) is 36.8 Å². The van der Waals surface area contributed by atoms with E-state index in [1.54, 1.807) is 6.07 Å². The average molecular weight is 360 g/mol. The predicted octanol–water partition coefficient (Wildman–Crippen LogP) is 5.28. The van der Waals surface area contributed by atoms with Gasteiger partial charge in [0.1, 0.15) is 11.6 Å². The second-order valence-corrected chi connectivity index (χ2v) is 6.95. The molecule has 0 aliphatic heterocycles.